The van der Waals surface area contributed by atoms with E-state index in [1.54, 1.807) is 0 Å². The summed E-state index contributed by atoms with van der Waals surface area (Å²) in [5, 5.41) is 6.47. The van der Waals surface area contributed by atoms with E-state index in [4.69, 9.17) is 4.99 Å². The zero-order chi connectivity index (χ0) is 19.6. The van der Waals surface area contributed by atoms with Crippen LogP contribution in [0.3, 0.4) is 0 Å². The highest BCUT2D eigenvalue weighted by atomic mass is 16.1. The van der Waals surface area contributed by atoms with E-state index in [1.807, 2.05) is 0 Å². The van der Waals surface area contributed by atoms with Crippen molar-refractivity contribution in [1.29, 1.82) is 0 Å². The topological polar surface area (TPSA) is 56.7 Å². The van der Waals surface area contributed by atoms with E-state index in [2.05, 4.69) is 58.9 Å². The van der Waals surface area contributed by atoms with Crippen LogP contribution in [-0.2, 0) is 4.79 Å². The molecule has 1 heterocycles. The van der Waals surface area contributed by atoms with Gasteiger partial charge in [-0.15, -0.1) is 0 Å². The van der Waals surface area contributed by atoms with Gasteiger partial charge >= 0.3 is 0 Å². The molecule has 0 bridgehead atoms. The van der Waals surface area contributed by atoms with E-state index >= 15 is 0 Å². The summed E-state index contributed by atoms with van der Waals surface area (Å²) in [7, 11) is 0. The Bertz CT molecular complexity index is 669. The number of nitrogens with zero attached hydrogens (tertiary/aromatic N) is 2. The highest BCUT2D eigenvalue weighted by molar-refractivity contribution is 5.80. The molecule has 0 spiro atoms. The summed E-state index contributed by atoms with van der Waals surface area (Å²) in [4.78, 5) is 19.0. The van der Waals surface area contributed by atoms with E-state index in [0.29, 0.717) is 0 Å². The molecule has 0 unspecified atom stereocenters. The zero-order valence-electron chi connectivity index (χ0n) is 17.1. The Balaban J connectivity index is 1.42. The second kappa shape index (κ2) is 10.9. The molecule has 1 saturated carbocycles. The highest BCUT2D eigenvalue weighted by Gasteiger charge is 2.24. The molecule has 1 amide bonds. The maximum Gasteiger partial charge on any atom is 0.223 e. The minimum absolute atomic E-state index is 0.232. The molecule has 5 nitrogen and oxygen atoms in total. The van der Waals surface area contributed by atoms with E-state index in [-0.39, 0.29) is 11.8 Å². The molecular formula is C23H34N4O. The Morgan fingerprint density at radius 3 is 2.57 bits per heavy atom. The third-order valence-corrected chi connectivity index (χ3v) is 5.58. The van der Waals surface area contributed by atoms with Crippen molar-refractivity contribution in [3.8, 4) is 0 Å². The quantitative estimate of drug-likeness (QED) is 0.431. The van der Waals surface area contributed by atoms with Crippen LogP contribution in [0, 0.1) is 5.92 Å². The highest BCUT2D eigenvalue weighted by Crippen LogP contribution is 2.26. The lowest BCUT2D eigenvalue weighted by atomic mass is 9.85. The predicted octanol–water partition coefficient (Wildman–Crippen LogP) is 3.44. The van der Waals surface area contributed by atoms with Crippen LogP contribution in [0.2, 0.25) is 0 Å². The van der Waals surface area contributed by atoms with Gasteiger partial charge < -0.3 is 15.5 Å². The van der Waals surface area contributed by atoms with Crippen molar-refractivity contribution >= 4 is 17.9 Å². The first-order valence-electron chi connectivity index (χ1n) is 10.8. The maximum atomic E-state index is 11.9. The number of guanidine groups is 1. The number of nitrogens with one attached hydrogen (secondary N) is 2. The van der Waals surface area contributed by atoms with Crippen molar-refractivity contribution in [1.82, 2.24) is 15.5 Å². The van der Waals surface area contributed by atoms with Gasteiger partial charge in [0.05, 0.1) is 0 Å². The van der Waals surface area contributed by atoms with Crippen LogP contribution >= 0.6 is 0 Å². The Morgan fingerprint density at radius 1 is 1.18 bits per heavy atom. The molecule has 2 N–H and O–H groups in total. The number of benzene rings is 1. The van der Waals surface area contributed by atoms with Crippen LogP contribution in [0.15, 0.2) is 40.9 Å². The molecule has 0 atom stereocenters. The first-order chi connectivity index (χ1) is 13.8. The molecular weight excluding hydrogens is 348 g/mol. The standard InChI is InChI=1S/C23H34N4O/c1-2-24-23(26-15-7-14-25-22(28)21-10-6-11-21)27-16-12-20(13-17-27)18-19-8-4-3-5-9-19/h3-5,8-9,18,21H,2,6-7,10-17H2,1H3,(H,24,26)(H,25,28). The molecule has 3 rings (SSSR count). The molecule has 28 heavy (non-hydrogen) atoms. The third-order valence-electron chi connectivity index (χ3n) is 5.58. The molecule has 2 aliphatic rings. The number of piperidine rings is 1. The molecule has 1 saturated heterocycles. The minimum atomic E-state index is 0.232. The predicted molar refractivity (Wildman–Crippen MR) is 116 cm³/mol. The smallest absolute Gasteiger partial charge is 0.223 e. The monoisotopic (exact) mass is 382 g/mol. The molecule has 5 heteroatoms. The molecule has 152 valence electrons. The normalized spacial score (nSPS) is 17.8. The van der Waals surface area contributed by atoms with Crippen LogP contribution in [0.1, 0.15) is 51.0 Å². The Kier molecular flexibility index (Phi) is 7.94. The van der Waals surface area contributed by atoms with E-state index in [9.17, 15) is 4.79 Å². The molecule has 2 fully saturated rings. The van der Waals surface area contributed by atoms with Gasteiger partial charge in [0.1, 0.15) is 0 Å². The van der Waals surface area contributed by atoms with Gasteiger partial charge in [0.2, 0.25) is 5.91 Å². The fourth-order valence-electron chi connectivity index (χ4n) is 3.65. The number of carbonyl (C=O) groups is 1. The molecule has 0 aromatic heterocycles. The van der Waals surface area contributed by atoms with Gasteiger partial charge in [0.25, 0.3) is 0 Å². The number of hydrogen-bond donors (Lipinski definition) is 2. The number of likely N-dealkylation sites (tertiary alicyclic amines) is 1. The van der Waals surface area contributed by atoms with Gasteiger partial charge in [-0.05, 0) is 44.6 Å². The summed E-state index contributed by atoms with van der Waals surface area (Å²) in [5.41, 5.74) is 2.80. The number of hydrogen-bond acceptors (Lipinski definition) is 2. The summed E-state index contributed by atoms with van der Waals surface area (Å²) in [6.07, 6.45) is 8.70. The average molecular weight is 383 g/mol. The van der Waals surface area contributed by atoms with Crippen LogP contribution in [-0.4, -0.2) is 49.5 Å². The van der Waals surface area contributed by atoms with Crippen molar-refractivity contribution in [3.05, 3.63) is 41.5 Å². The average Bonchev–Trinajstić information content (AvgIpc) is 2.67. The second-order valence-corrected chi connectivity index (χ2v) is 7.71. The van der Waals surface area contributed by atoms with E-state index in [0.717, 1.165) is 70.8 Å². The van der Waals surface area contributed by atoms with Crippen LogP contribution in [0.25, 0.3) is 6.08 Å². The zero-order valence-corrected chi connectivity index (χ0v) is 17.1. The summed E-state index contributed by atoms with van der Waals surface area (Å²) in [6, 6.07) is 10.6. The van der Waals surface area contributed by atoms with Crippen molar-refractivity contribution in [2.75, 3.05) is 32.7 Å². The minimum Gasteiger partial charge on any atom is -0.357 e. The SMILES string of the molecule is CCNC(=NCCCNC(=O)C1CCC1)N1CCC(=Cc2ccccc2)CC1. The molecule has 1 aromatic rings. The van der Waals surface area contributed by atoms with Gasteiger partial charge in [-0.3, -0.25) is 9.79 Å². The van der Waals surface area contributed by atoms with Crippen LogP contribution < -0.4 is 10.6 Å². The number of carbonyl (C=O) groups excluding carboxylic acids is 1. The number of aliphatic imine (C=N–C) groups is 1. The van der Waals surface area contributed by atoms with Crippen molar-refractivity contribution in [2.45, 2.75) is 45.4 Å². The first kappa shape index (κ1) is 20.4. The third kappa shape index (κ3) is 6.11. The lowest BCUT2D eigenvalue weighted by Crippen LogP contribution is -2.44. The van der Waals surface area contributed by atoms with Gasteiger partial charge in [-0.1, -0.05) is 48.4 Å². The van der Waals surface area contributed by atoms with Gasteiger partial charge in [-0.2, -0.15) is 0 Å². The van der Waals surface area contributed by atoms with E-state index in [1.165, 1.54) is 17.6 Å². The molecule has 1 aromatic carbocycles. The molecule has 0 radical (unpaired) electrons. The van der Waals surface area contributed by atoms with Crippen LogP contribution in [0.5, 0.6) is 0 Å². The van der Waals surface area contributed by atoms with Crippen molar-refractivity contribution in [3.63, 3.8) is 0 Å². The Hall–Kier alpha value is -2.30. The summed E-state index contributed by atoms with van der Waals surface area (Å²) >= 11 is 0. The lowest BCUT2D eigenvalue weighted by Gasteiger charge is -2.31. The van der Waals surface area contributed by atoms with Crippen molar-refractivity contribution < 1.29 is 4.79 Å². The fraction of sp³-hybridized carbons (Fsp3) is 0.565. The molecule has 1 aliphatic heterocycles. The van der Waals surface area contributed by atoms with Gasteiger partial charge in [0, 0.05) is 38.6 Å². The second-order valence-electron chi connectivity index (χ2n) is 7.71. The lowest BCUT2D eigenvalue weighted by molar-refractivity contribution is -0.127. The van der Waals surface area contributed by atoms with Gasteiger partial charge in [0.15, 0.2) is 5.96 Å². The first-order valence-corrected chi connectivity index (χ1v) is 10.8. The number of rotatable bonds is 7. The largest absolute Gasteiger partial charge is 0.357 e. The Morgan fingerprint density at radius 2 is 1.93 bits per heavy atom. The summed E-state index contributed by atoms with van der Waals surface area (Å²) in [5.74, 6) is 1.51. The van der Waals surface area contributed by atoms with E-state index < -0.39 is 0 Å². The van der Waals surface area contributed by atoms with Crippen molar-refractivity contribution in [2.24, 2.45) is 10.9 Å². The fourth-order valence-corrected chi connectivity index (χ4v) is 3.65. The molecule has 1 aliphatic carbocycles. The van der Waals surface area contributed by atoms with Crippen LogP contribution in [0.4, 0.5) is 0 Å². The maximum absolute atomic E-state index is 11.9. The Labute approximate surface area is 169 Å². The summed E-state index contributed by atoms with van der Waals surface area (Å²) < 4.78 is 0. The summed E-state index contributed by atoms with van der Waals surface area (Å²) in [6.45, 7) is 6.46. The van der Waals surface area contributed by atoms with Gasteiger partial charge in [-0.25, -0.2) is 0 Å². The number of amides is 1.